The Balaban J connectivity index is 0.00000264. The number of thiophene rings is 1. The van der Waals surface area contributed by atoms with E-state index in [0.29, 0.717) is 0 Å². The van der Waals surface area contributed by atoms with Crippen LogP contribution in [0, 0.1) is 0 Å². The van der Waals surface area contributed by atoms with Crippen molar-refractivity contribution >= 4 is 69.0 Å². The maximum atomic E-state index is 11.8. The van der Waals surface area contributed by atoms with E-state index in [4.69, 9.17) is 4.55 Å². The first-order valence-electron chi connectivity index (χ1n) is 5.96. The molecule has 1 fully saturated rings. The Kier molecular flexibility index (Phi) is 6.74. The normalized spacial score (nSPS) is 20.3. The zero-order chi connectivity index (χ0) is 16.5. The molecule has 2 rings (SSSR count). The minimum atomic E-state index is -4.90. The van der Waals surface area contributed by atoms with Gasteiger partial charge in [0.2, 0.25) is 5.91 Å². The molecule has 23 heavy (non-hydrogen) atoms. The van der Waals surface area contributed by atoms with Crippen LogP contribution in [0.5, 0.6) is 0 Å². The van der Waals surface area contributed by atoms with E-state index >= 15 is 0 Å². The summed E-state index contributed by atoms with van der Waals surface area (Å²) in [5.74, 6) is -2.71. The Bertz CT molecular complexity index is 704. The molecule has 1 aromatic heterocycles. The van der Waals surface area contributed by atoms with Crippen molar-refractivity contribution in [3.05, 3.63) is 22.4 Å². The molecule has 2 heterocycles. The molecule has 12 heteroatoms. The third-order valence-electron chi connectivity index (χ3n) is 2.97. The zero-order valence-electron chi connectivity index (χ0n) is 11.3. The van der Waals surface area contributed by atoms with E-state index in [1.54, 1.807) is 17.5 Å². The number of methoxy groups -OCH3 is 1. The molecule has 0 aromatic carbocycles. The van der Waals surface area contributed by atoms with Gasteiger partial charge in [0.25, 0.3) is 5.91 Å². The van der Waals surface area contributed by atoms with Crippen molar-refractivity contribution in [2.24, 2.45) is 0 Å². The van der Waals surface area contributed by atoms with Crippen LogP contribution in [0.15, 0.2) is 17.5 Å². The summed E-state index contributed by atoms with van der Waals surface area (Å²) in [4.78, 5) is 35.9. The third kappa shape index (κ3) is 4.31. The second-order valence-electron chi connectivity index (χ2n) is 4.38. The molecule has 9 nitrogen and oxygen atoms in total. The van der Waals surface area contributed by atoms with Crippen molar-refractivity contribution in [1.29, 1.82) is 0 Å². The molecule has 2 amide bonds. The number of hydrogen-bond acceptors (Lipinski definition) is 7. The van der Waals surface area contributed by atoms with Crippen LogP contribution in [0.3, 0.4) is 0 Å². The molecule has 1 aliphatic heterocycles. The van der Waals surface area contributed by atoms with Crippen LogP contribution in [0.2, 0.25) is 0 Å². The number of esters is 1. The van der Waals surface area contributed by atoms with Gasteiger partial charge in [0.05, 0.1) is 13.5 Å². The van der Waals surface area contributed by atoms with E-state index in [1.807, 2.05) is 0 Å². The number of carbonyl (C=O) groups is 3. The molecule has 1 saturated heterocycles. The van der Waals surface area contributed by atoms with Gasteiger partial charge in [-0.25, -0.2) is 4.79 Å². The zero-order valence-corrected chi connectivity index (χ0v) is 12.9. The van der Waals surface area contributed by atoms with Crippen molar-refractivity contribution in [1.82, 2.24) is 9.62 Å². The van der Waals surface area contributed by atoms with E-state index in [-0.39, 0.29) is 40.3 Å². The quantitative estimate of drug-likeness (QED) is 0.273. The monoisotopic (exact) mass is 372 g/mol. The van der Waals surface area contributed by atoms with E-state index in [9.17, 15) is 22.8 Å². The summed E-state index contributed by atoms with van der Waals surface area (Å²) in [5.41, 5.74) is 0. The van der Waals surface area contributed by atoms with Crippen LogP contribution in [-0.2, 0) is 35.8 Å². The van der Waals surface area contributed by atoms with Gasteiger partial charge in [-0.3, -0.25) is 14.1 Å². The van der Waals surface area contributed by atoms with E-state index in [1.165, 1.54) is 11.3 Å². The van der Waals surface area contributed by atoms with E-state index in [0.717, 1.165) is 12.0 Å². The first-order chi connectivity index (χ1) is 10.3. The summed E-state index contributed by atoms with van der Waals surface area (Å²) < 4.78 is 35.5. The van der Waals surface area contributed by atoms with Crippen LogP contribution in [-0.4, -0.2) is 83.8 Å². The van der Waals surface area contributed by atoms with Crippen molar-refractivity contribution < 1.29 is 32.1 Å². The Hall–Kier alpha value is -0.980. The summed E-state index contributed by atoms with van der Waals surface area (Å²) in [6.45, 7) is 0. The van der Waals surface area contributed by atoms with Gasteiger partial charge in [-0.1, -0.05) is 6.07 Å². The third-order valence-corrected chi connectivity index (χ3v) is 4.75. The number of hydrogen-bond donors (Lipinski definition) is 2. The first-order valence-corrected chi connectivity index (χ1v) is 8.23. The second-order valence-corrected chi connectivity index (χ2v) is 6.70. The molecule has 0 radical (unpaired) electrons. The molecule has 2 N–H and O–H groups in total. The standard InChI is InChI=1S/C11H12N2O7S2.Na.H/c1-20-11(16)9-8(10(15)13(9)22(17,18)19)12-7(14)5-6-3-2-4-21-6;;/h2-4,8-9H,5H2,1H3,(H,12,14)(H,17,18,19);;. The van der Waals surface area contributed by atoms with Gasteiger partial charge in [0.1, 0.15) is 6.04 Å². The van der Waals surface area contributed by atoms with Crippen LogP contribution < -0.4 is 5.32 Å². The maximum absolute atomic E-state index is 11.8. The molecule has 122 valence electrons. The van der Waals surface area contributed by atoms with Gasteiger partial charge < -0.3 is 10.1 Å². The molecule has 0 spiro atoms. The molecule has 0 bridgehead atoms. The van der Waals surface area contributed by atoms with Gasteiger partial charge in [0, 0.05) is 4.88 Å². The van der Waals surface area contributed by atoms with Crippen molar-refractivity contribution in [3.8, 4) is 0 Å². The second kappa shape index (κ2) is 7.73. The Labute approximate surface area is 158 Å². The number of rotatable bonds is 5. The van der Waals surface area contributed by atoms with E-state index < -0.39 is 40.2 Å². The minimum absolute atomic E-state index is 0. The topological polar surface area (TPSA) is 130 Å². The van der Waals surface area contributed by atoms with Gasteiger partial charge in [-0.05, 0) is 11.4 Å². The predicted octanol–water partition coefficient (Wildman–Crippen LogP) is -1.69. The molecule has 1 aromatic rings. The summed E-state index contributed by atoms with van der Waals surface area (Å²) in [7, 11) is -3.91. The number of β-lactam (4-membered cyclic amide) rings is 1. The number of carbonyl (C=O) groups excluding carboxylic acids is 3. The molecule has 2 unspecified atom stereocenters. The number of nitrogens with zero attached hydrogens (tertiary/aromatic N) is 1. The summed E-state index contributed by atoms with van der Waals surface area (Å²) in [5, 5.41) is 4.04. The number of ether oxygens (including phenoxy) is 1. The van der Waals surface area contributed by atoms with Crippen molar-refractivity contribution in [2.75, 3.05) is 7.11 Å². The first kappa shape index (κ1) is 20.1. The summed E-state index contributed by atoms with van der Waals surface area (Å²) in [6.07, 6.45) is -0.0127. The number of nitrogens with one attached hydrogen (secondary N) is 1. The molecule has 0 saturated carbocycles. The van der Waals surface area contributed by atoms with Crippen molar-refractivity contribution in [2.45, 2.75) is 18.5 Å². The average Bonchev–Trinajstić information content (AvgIpc) is 2.92. The molecule has 0 aliphatic carbocycles. The molecular weight excluding hydrogens is 359 g/mol. The predicted molar refractivity (Wildman–Crippen MR) is 81.3 cm³/mol. The van der Waals surface area contributed by atoms with Crippen LogP contribution in [0.1, 0.15) is 4.88 Å². The average molecular weight is 372 g/mol. The molecule has 2 atom stereocenters. The van der Waals surface area contributed by atoms with Gasteiger partial charge in [-0.15, -0.1) is 11.3 Å². The summed E-state index contributed by atoms with van der Waals surface area (Å²) >= 11 is 1.34. The van der Waals surface area contributed by atoms with E-state index in [2.05, 4.69) is 10.1 Å². The number of amides is 2. The van der Waals surface area contributed by atoms with Crippen molar-refractivity contribution in [3.63, 3.8) is 0 Å². The fourth-order valence-corrected chi connectivity index (χ4v) is 3.55. The SMILES string of the molecule is COC(=O)C1C(NC(=O)Cc2cccs2)C(=O)N1S(=O)(=O)O.[NaH]. The van der Waals surface area contributed by atoms with Crippen LogP contribution >= 0.6 is 11.3 Å². The van der Waals surface area contributed by atoms with Gasteiger partial charge in [-0.2, -0.15) is 12.7 Å². The Morgan fingerprint density at radius 3 is 2.61 bits per heavy atom. The van der Waals surface area contributed by atoms with Gasteiger partial charge in [0.15, 0.2) is 6.04 Å². The summed E-state index contributed by atoms with van der Waals surface area (Å²) in [6, 6.07) is 0.468. The fraction of sp³-hybridized carbons (Fsp3) is 0.364. The fourth-order valence-electron chi connectivity index (χ4n) is 2.01. The van der Waals surface area contributed by atoms with Crippen LogP contribution in [0.4, 0.5) is 0 Å². The van der Waals surface area contributed by atoms with Crippen LogP contribution in [0.25, 0.3) is 0 Å². The Morgan fingerprint density at radius 2 is 2.13 bits per heavy atom. The van der Waals surface area contributed by atoms with Gasteiger partial charge >= 0.3 is 45.8 Å². The molecular formula is C11H13N2NaO7S2. The molecule has 1 aliphatic rings. The Morgan fingerprint density at radius 1 is 1.48 bits per heavy atom.